The van der Waals surface area contributed by atoms with Gasteiger partial charge in [0.2, 0.25) is 0 Å². The van der Waals surface area contributed by atoms with Gasteiger partial charge in [0.25, 0.3) is 8.53 Å². The van der Waals surface area contributed by atoms with Gasteiger partial charge >= 0.3 is 0 Å². The van der Waals surface area contributed by atoms with Gasteiger partial charge in [-0.1, -0.05) is 41.5 Å². The second kappa shape index (κ2) is 4.44. The van der Waals surface area contributed by atoms with Crippen molar-refractivity contribution in [2.24, 2.45) is 10.8 Å². The first-order valence-corrected chi connectivity index (χ1v) is 6.08. The van der Waals surface area contributed by atoms with E-state index >= 15 is 0 Å². The van der Waals surface area contributed by atoms with Gasteiger partial charge in [-0.25, -0.2) is 4.67 Å². The lowest BCUT2D eigenvalue weighted by atomic mass is 9.72. The standard InChI is InChI=1S/C10H24NO2P/c1-9(2,3)8(10(4,5)6)11(7)14(12)13/h8,12-13H,1-7H3. The Bertz CT molecular complexity index is 168. The summed E-state index contributed by atoms with van der Waals surface area (Å²) < 4.78 is 1.68. The first-order valence-electron chi connectivity index (χ1n) is 4.88. The highest BCUT2D eigenvalue weighted by atomic mass is 31.2. The van der Waals surface area contributed by atoms with Crippen LogP contribution in [0.5, 0.6) is 0 Å². The first kappa shape index (κ1) is 14.3. The van der Waals surface area contributed by atoms with Crippen LogP contribution in [-0.4, -0.2) is 27.5 Å². The molecular formula is C10H24NO2P. The Labute approximate surface area is 89.1 Å². The molecule has 0 atom stereocenters. The van der Waals surface area contributed by atoms with E-state index in [0.717, 1.165) is 0 Å². The molecule has 0 aliphatic carbocycles. The van der Waals surface area contributed by atoms with Gasteiger partial charge in [-0.05, 0) is 17.9 Å². The number of hydrogen-bond acceptors (Lipinski definition) is 3. The van der Waals surface area contributed by atoms with Crippen LogP contribution in [0.15, 0.2) is 0 Å². The van der Waals surface area contributed by atoms with E-state index in [0.29, 0.717) is 0 Å². The van der Waals surface area contributed by atoms with Crippen LogP contribution < -0.4 is 0 Å². The fraction of sp³-hybridized carbons (Fsp3) is 1.00. The van der Waals surface area contributed by atoms with Gasteiger partial charge in [0.1, 0.15) is 0 Å². The van der Waals surface area contributed by atoms with E-state index in [1.807, 2.05) is 0 Å². The molecule has 0 rings (SSSR count). The van der Waals surface area contributed by atoms with Gasteiger partial charge in [-0.15, -0.1) is 0 Å². The van der Waals surface area contributed by atoms with Crippen molar-refractivity contribution < 1.29 is 9.79 Å². The van der Waals surface area contributed by atoms with Crippen molar-refractivity contribution in [1.29, 1.82) is 0 Å². The normalized spacial score (nSPS) is 14.6. The zero-order chi connectivity index (χ0) is 11.7. The molecule has 4 heteroatoms. The third-order valence-corrected chi connectivity index (χ3v) is 3.09. The number of rotatable bonds is 2. The third-order valence-electron chi connectivity index (χ3n) is 2.30. The molecule has 14 heavy (non-hydrogen) atoms. The number of hydrogen-bond donors (Lipinski definition) is 2. The van der Waals surface area contributed by atoms with Crippen molar-refractivity contribution in [1.82, 2.24) is 4.67 Å². The fourth-order valence-corrected chi connectivity index (χ4v) is 3.42. The van der Waals surface area contributed by atoms with E-state index in [9.17, 15) is 9.79 Å². The van der Waals surface area contributed by atoms with E-state index in [1.165, 1.54) is 0 Å². The van der Waals surface area contributed by atoms with Gasteiger partial charge < -0.3 is 9.79 Å². The largest absolute Gasteiger partial charge is 0.338 e. The summed E-state index contributed by atoms with van der Waals surface area (Å²) in [5, 5.41) is 0. The Balaban J connectivity index is 4.94. The summed E-state index contributed by atoms with van der Waals surface area (Å²) in [6, 6.07) is 0.135. The molecule has 0 aromatic carbocycles. The van der Waals surface area contributed by atoms with Crippen LogP contribution >= 0.6 is 8.53 Å². The number of nitrogens with zero attached hydrogens (tertiary/aromatic N) is 1. The Hall–Kier alpha value is 0.310. The van der Waals surface area contributed by atoms with Crippen LogP contribution in [0, 0.1) is 10.8 Å². The highest BCUT2D eigenvalue weighted by molar-refractivity contribution is 7.42. The van der Waals surface area contributed by atoms with Crippen LogP contribution in [0.3, 0.4) is 0 Å². The molecule has 0 amide bonds. The maximum absolute atomic E-state index is 9.26. The summed E-state index contributed by atoms with van der Waals surface area (Å²) in [5.74, 6) is 0. The zero-order valence-corrected chi connectivity index (χ0v) is 11.3. The topological polar surface area (TPSA) is 43.7 Å². The van der Waals surface area contributed by atoms with Gasteiger partial charge in [0.15, 0.2) is 0 Å². The molecule has 0 aliphatic heterocycles. The smallest absolute Gasteiger partial charge is 0.253 e. The van der Waals surface area contributed by atoms with Gasteiger partial charge in [-0.2, -0.15) is 0 Å². The maximum Gasteiger partial charge on any atom is 0.253 e. The minimum atomic E-state index is -2.00. The van der Waals surface area contributed by atoms with E-state index in [2.05, 4.69) is 41.5 Å². The van der Waals surface area contributed by atoms with Crippen molar-refractivity contribution in [2.45, 2.75) is 47.6 Å². The third kappa shape index (κ3) is 3.82. The summed E-state index contributed by atoms with van der Waals surface area (Å²) in [7, 11) is -0.226. The van der Waals surface area contributed by atoms with E-state index < -0.39 is 8.53 Å². The van der Waals surface area contributed by atoms with Crippen molar-refractivity contribution in [2.75, 3.05) is 7.05 Å². The first-order chi connectivity index (χ1) is 5.98. The summed E-state index contributed by atoms with van der Waals surface area (Å²) in [4.78, 5) is 18.5. The molecule has 0 fully saturated rings. The maximum atomic E-state index is 9.26. The minimum absolute atomic E-state index is 0.0268. The van der Waals surface area contributed by atoms with Crippen LogP contribution in [-0.2, 0) is 0 Å². The van der Waals surface area contributed by atoms with E-state index in [1.54, 1.807) is 11.7 Å². The summed E-state index contributed by atoms with van der Waals surface area (Å²) in [6.45, 7) is 12.7. The highest BCUT2D eigenvalue weighted by Crippen LogP contribution is 2.44. The lowest BCUT2D eigenvalue weighted by Gasteiger charge is -2.46. The lowest BCUT2D eigenvalue weighted by molar-refractivity contribution is 0.0776. The monoisotopic (exact) mass is 221 g/mol. The van der Waals surface area contributed by atoms with Gasteiger partial charge in [0.05, 0.1) is 0 Å². The summed E-state index contributed by atoms with van der Waals surface area (Å²) in [5.41, 5.74) is 0.0537. The van der Waals surface area contributed by atoms with Gasteiger partial charge in [0, 0.05) is 6.04 Å². The van der Waals surface area contributed by atoms with E-state index in [4.69, 9.17) is 0 Å². The summed E-state index contributed by atoms with van der Waals surface area (Å²) in [6.07, 6.45) is 0. The van der Waals surface area contributed by atoms with Crippen LogP contribution in [0.4, 0.5) is 0 Å². The molecule has 3 nitrogen and oxygen atoms in total. The van der Waals surface area contributed by atoms with Crippen molar-refractivity contribution in [3.8, 4) is 0 Å². The second-order valence-corrected chi connectivity index (χ2v) is 7.14. The molecule has 0 saturated carbocycles. The van der Waals surface area contributed by atoms with E-state index in [-0.39, 0.29) is 16.9 Å². The van der Waals surface area contributed by atoms with Crippen molar-refractivity contribution >= 4 is 8.53 Å². The Morgan fingerprint density at radius 2 is 1.21 bits per heavy atom. The predicted molar refractivity (Wildman–Crippen MR) is 61.8 cm³/mol. The lowest BCUT2D eigenvalue weighted by Crippen LogP contribution is -2.47. The minimum Gasteiger partial charge on any atom is -0.338 e. The Kier molecular flexibility index (Phi) is 4.54. The average Bonchev–Trinajstić information content (AvgIpc) is 1.79. The van der Waals surface area contributed by atoms with Gasteiger partial charge in [-0.3, -0.25) is 0 Å². The molecule has 0 spiro atoms. The van der Waals surface area contributed by atoms with Crippen molar-refractivity contribution in [3.63, 3.8) is 0 Å². The van der Waals surface area contributed by atoms with Crippen LogP contribution in [0.2, 0.25) is 0 Å². The molecule has 2 N–H and O–H groups in total. The molecular weight excluding hydrogens is 197 g/mol. The van der Waals surface area contributed by atoms with Crippen LogP contribution in [0.25, 0.3) is 0 Å². The average molecular weight is 221 g/mol. The molecule has 0 saturated heterocycles. The molecule has 0 heterocycles. The fourth-order valence-electron chi connectivity index (χ4n) is 2.52. The molecule has 86 valence electrons. The van der Waals surface area contributed by atoms with Crippen LogP contribution in [0.1, 0.15) is 41.5 Å². The van der Waals surface area contributed by atoms with Crippen molar-refractivity contribution in [3.05, 3.63) is 0 Å². The second-order valence-electron chi connectivity index (χ2n) is 5.98. The molecule has 0 aliphatic rings. The quantitative estimate of drug-likeness (QED) is 0.704. The molecule has 0 aromatic rings. The molecule has 0 aromatic heterocycles. The molecule has 0 unspecified atom stereocenters. The highest BCUT2D eigenvalue weighted by Gasteiger charge is 2.40. The molecule has 0 bridgehead atoms. The Morgan fingerprint density at radius 1 is 0.929 bits per heavy atom. The zero-order valence-electron chi connectivity index (χ0n) is 10.4. The predicted octanol–water partition coefficient (Wildman–Crippen LogP) is 2.59. The molecule has 0 radical (unpaired) electrons. The summed E-state index contributed by atoms with van der Waals surface area (Å²) >= 11 is 0. The Morgan fingerprint density at radius 3 is 1.29 bits per heavy atom. The SMILES string of the molecule is CN(C(C(C)(C)C)C(C)(C)C)P(O)O.